The van der Waals surface area contributed by atoms with E-state index in [1.807, 2.05) is 0 Å². The Hall–Kier alpha value is -0.490. The van der Waals surface area contributed by atoms with Crippen LogP contribution in [0, 0.1) is 10.8 Å². The van der Waals surface area contributed by atoms with Crippen LogP contribution in [-0.4, -0.2) is 0 Å². The molecule has 1 heteroatoms. The van der Waals surface area contributed by atoms with Gasteiger partial charge >= 0.3 is 0 Å². The largest absolute Gasteiger partial charge is 0.122 e. The summed E-state index contributed by atoms with van der Waals surface area (Å²) in [6.07, 6.45) is 2.37. The van der Waals surface area contributed by atoms with Crippen molar-refractivity contribution in [1.29, 1.82) is 0 Å². The van der Waals surface area contributed by atoms with Crippen molar-refractivity contribution in [2.45, 2.75) is 53.3 Å². The van der Waals surface area contributed by atoms with E-state index in [0.29, 0.717) is 16.7 Å². The number of hydrogen-bond donors (Lipinski definition) is 0. The Morgan fingerprint density at radius 3 is 1.76 bits per heavy atom. The molecule has 0 saturated carbocycles. The van der Waals surface area contributed by atoms with E-state index in [2.05, 4.69) is 58.9 Å². The van der Waals surface area contributed by atoms with Gasteiger partial charge in [-0.25, -0.2) is 0 Å². The fourth-order valence-corrected chi connectivity index (χ4v) is 2.98. The first-order valence-electron chi connectivity index (χ1n) is 6.36. The van der Waals surface area contributed by atoms with Gasteiger partial charge in [-0.3, -0.25) is 0 Å². The Morgan fingerprint density at radius 1 is 0.882 bits per heavy atom. The first-order valence-corrected chi connectivity index (χ1v) is 6.89. The highest BCUT2D eigenvalue weighted by Crippen LogP contribution is 2.35. The minimum absolute atomic E-state index is 0.348. The molecule has 96 valence electrons. The molecule has 0 aliphatic rings. The van der Waals surface area contributed by atoms with Gasteiger partial charge in [0.2, 0.25) is 0 Å². The third-order valence-electron chi connectivity index (χ3n) is 2.87. The maximum absolute atomic E-state index is 5.80. The van der Waals surface area contributed by atoms with Gasteiger partial charge in [0.15, 0.2) is 0 Å². The summed E-state index contributed by atoms with van der Waals surface area (Å²) >= 11 is 5.80. The zero-order valence-corrected chi connectivity index (χ0v) is 12.6. The number of benzene rings is 1. The molecular weight excluding hydrogens is 228 g/mol. The molecule has 0 radical (unpaired) electrons. The van der Waals surface area contributed by atoms with Crippen LogP contribution in [0.4, 0.5) is 0 Å². The average molecular weight is 253 g/mol. The second-order valence-corrected chi connectivity index (χ2v) is 7.30. The molecule has 17 heavy (non-hydrogen) atoms. The molecule has 0 saturated heterocycles. The van der Waals surface area contributed by atoms with Crippen LogP contribution < -0.4 is 0 Å². The molecule has 0 nitrogen and oxygen atoms in total. The number of rotatable bonds is 4. The van der Waals surface area contributed by atoms with Gasteiger partial charge < -0.3 is 0 Å². The lowest BCUT2D eigenvalue weighted by atomic mass is 9.73. The normalized spacial score (nSPS) is 12.8. The van der Waals surface area contributed by atoms with Crippen molar-refractivity contribution in [2.24, 2.45) is 10.8 Å². The number of alkyl halides is 1. The molecule has 1 aromatic rings. The minimum atomic E-state index is 0.348. The van der Waals surface area contributed by atoms with Gasteiger partial charge in [0.25, 0.3) is 0 Å². The summed E-state index contributed by atoms with van der Waals surface area (Å²) in [4.78, 5) is 0. The smallest absolute Gasteiger partial charge is 0.0474 e. The Kier molecular flexibility index (Phi) is 4.66. The van der Waals surface area contributed by atoms with Gasteiger partial charge in [0.05, 0.1) is 0 Å². The lowest BCUT2D eigenvalue weighted by molar-refractivity contribution is 0.211. The quantitative estimate of drug-likeness (QED) is 0.627. The summed E-state index contributed by atoms with van der Waals surface area (Å²) in [5, 5.41) is 0. The predicted molar refractivity (Wildman–Crippen MR) is 77.6 cm³/mol. The van der Waals surface area contributed by atoms with E-state index < -0.39 is 0 Å². The maximum atomic E-state index is 5.80. The zero-order chi connectivity index (χ0) is 13.1. The summed E-state index contributed by atoms with van der Waals surface area (Å²) < 4.78 is 0. The van der Waals surface area contributed by atoms with E-state index in [0.717, 1.165) is 6.42 Å². The SMILES string of the molecule is CC(C)(C)CC(C)(C)Cc1ccc(CCl)cc1. The monoisotopic (exact) mass is 252 g/mol. The number of hydrogen-bond acceptors (Lipinski definition) is 0. The third-order valence-corrected chi connectivity index (χ3v) is 3.18. The van der Waals surface area contributed by atoms with E-state index in [1.54, 1.807) is 0 Å². The molecule has 0 fully saturated rings. The highest BCUT2D eigenvalue weighted by molar-refractivity contribution is 6.17. The molecule has 0 aromatic heterocycles. The van der Waals surface area contributed by atoms with E-state index in [4.69, 9.17) is 11.6 Å². The van der Waals surface area contributed by atoms with Gasteiger partial charge in [-0.15, -0.1) is 11.6 Å². The third kappa shape index (κ3) is 5.59. The van der Waals surface area contributed by atoms with Crippen molar-refractivity contribution in [3.63, 3.8) is 0 Å². The zero-order valence-electron chi connectivity index (χ0n) is 11.8. The topological polar surface area (TPSA) is 0 Å². The minimum Gasteiger partial charge on any atom is -0.122 e. The lowest BCUT2D eigenvalue weighted by Crippen LogP contribution is -2.22. The first kappa shape index (κ1) is 14.6. The van der Waals surface area contributed by atoms with Crippen LogP contribution in [0.25, 0.3) is 0 Å². The van der Waals surface area contributed by atoms with E-state index >= 15 is 0 Å². The van der Waals surface area contributed by atoms with E-state index in [1.165, 1.54) is 17.5 Å². The highest BCUT2D eigenvalue weighted by Gasteiger charge is 2.25. The van der Waals surface area contributed by atoms with Gasteiger partial charge in [0.1, 0.15) is 0 Å². The average Bonchev–Trinajstić information content (AvgIpc) is 2.14. The van der Waals surface area contributed by atoms with Gasteiger partial charge in [0, 0.05) is 5.88 Å². The van der Waals surface area contributed by atoms with E-state index in [-0.39, 0.29) is 0 Å². The fourth-order valence-electron chi connectivity index (χ4n) is 2.80. The molecule has 0 unspecified atom stereocenters. The second kappa shape index (κ2) is 5.44. The molecule has 0 bridgehead atoms. The lowest BCUT2D eigenvalue weighted by Gasteiger charge is -2.32. The molecule has 0 spiro atoms. The van der Waals surface area contributed by atoms with Crippen molar-refractivity contribution >= 4 is 11.6 Å². The van der Waals surface area contributed by atoms with Crippen LogP contribution in [0.3, 0.4) is 0 Å². The van der Waals surface area contributed by atoms with Crippen LogP contribution in [0.2, 0.25) is 0 Å². The summed E-state index contributed by atoms with van der Waals surface area (Å²) in [7, 11) is 0. The molecule has 1 rings (SSSR count). The molecule has 0 aliphatic carbocycles. The van der Waals surface area contributed by atoms with Crippen molar-refractivity contribution in [3.8, 4) is 0 Å². The summed E-state index contributed by atoms with van der Waals surface area (Å²) in [5.41, 5.74) is 3.34. The number of halogens is 1. The molecule has 1 aromatic carbocycles. The van der Waals surface area contributed by atoms with E-state index in [9.17, 15) is 0 Å². The van der Waals surface area contributed by atoms with Crippen LogP contribution >= 0.6 is 11.6 Å². The van der Waals surface area contributed by atoms with Gasteiger partial charge in [-0.1, -0.05) is 58.9 Å². The molecule has 0 aliphatic heterocycles. The Balaban J connectivity index is 2.69. The molecule has 0 N–H and O–H groups in total. The molecule has 0 heterocycles. The van der Waals surface area contributed by atoms with Crippen molar-refractivity contribution in [2.75, 3.05) is 0 Å². The molecule has 0 atom stereocenters. The molecule has 0 amide bonds. The van der Waals surface area contributed by atoms with Crippen LogP contribution in [0.5, 0.6) is 0 Å². The van der Waals surface area contributed by atoms with Gasteiger partial charge in [-0.2, -0.15) is 0 Å². The Morgan fingerprint density at radius 2 is 1.35 bits per heavy atom. The fraction of sp³-hybridized carbons (Fsp3) is 0.625. The highest BCUT2D eigenvalue weighted by atomic mass is 35.5. The van der Waals surface area contributed by atoms with Crippen LogP contribution in [0.15, 0.2) is 24.3 Å². The first-order chi connectivity index (χ1) is 7.72. The van der Waals surface area contributed by atoms with Crippen molar-refractivity contribution in [3.05, 3.63) is 35.4 Å². The standard InChI is InChI=1S/C16H25Cl/c1-15(2,3)12-16(4,5)10-13-6-8-14(11-17)9-7-13/h6-9H,10-12H2,1-5H3. The Bertz CT molecular complexity index is 341. The van der Waals surface area contributed by atoms with Gasteiger partial charge in [-0.05, 0) is 34.8 Å². The van der Waals surface area contributed by atoms with Crippen LogP contribution in [-0.2, 0) is 12.3 Å². The maximum Gasteiger partial charge on any atom is 0.0474 e. The van der Waals surface area contributed by atoms with Crippen molar-refractivity contribution < 1.29 is 0 Å². The summed E-state index contributed by atoms with van der Waals surface area (Å²) in [6, 6.07) is 8.69. The van der Waals surface area contributed by atoms with Crippen molar-refractivity contribution in [1.82, 2.24) is 0 Å². The summed E-state index contributed by atoms with van der Waals surface area (Å²) in [6.45, 7) is 11.6. The second-order valence-electron chi connectivity index (χ2n) is 7.03. The molecular formula is C16H25Cl. The van der Waals surface area contributed by atoms with Crippen LogP contribution in [0.1, 0.15) is 52.2 Å². The Labute approximate surface area is 111 Å². The summed E-state index contributed by atoms with van der Waals surface area (Å²) in [5.74, 6) is 0.603. The predicted octanol–water partition coefficient (Wildman–Crippen LogP) is 5.43.